The van der Waals surface area contributed by atoms with Gasteiger partial charge in [0, 0.05) is 37.6 Å². The lowest BCUT2D eigenvalue weighted by Gasteiger charge is -2.35. The molecule has 5 nitrogen and oxygen atoms in total. The van der Waals surface area contributed by atoms with Crippen LogP contribution in [0.5, 0.6) is 0 Å². The van der Waals surface area contributed by atoms with E-state index in [2.05, 4.69) is 52.5 Å². The molecule has 1 heterocycles. The van der Waals surface area contributed by atoms with Crippen molar-refractivity contribution in [2.24, 2.45) is 0 Å². The highest BCUT2D eigenvalue weighted by Gasteiger charge is 2.21. The van der Waals surface area contributed by atoms with Gasteiger partial charge in [-0.3, -0.25) is 9.69 Å². The predicted molar refractivity (Wildman–Crippen MR) is 120 cm³/mol. The normalized spacial score (nSPS) is 14.6. The Bertz CT molecular complexity index is 814. The van der Waals surface area contributed by atoms with Gasteiger partial charge in [0.05, 0.1) is 6.54 Å². The zero-order valence-corrected chi connectivity index (χ0v) is 17.4. The molecule has 1 aliphatic heterocycles. The summed E-state index contributed by atoms with van der Waals surface area (Å²) in [5.74, 6) is 0.0368. The number of piperazine rings is 1. The molecule has 0 unspecified atom stereocenters. The number of carbonyl (C=O) groups is 1. The standard InChI is InChI=1S/C22H28N4OS/c1-3-18-6-4-5-7-20(18)24-21(27)16-25-12-14-26(15-13-25)22(28)23-19-10-8-17(2)9-11-19/h4-11H,3,12-16H2,1-2H3,(H,23,28)(H,24,27). The average Bonchev–Trinajstić information content (AvgIpc) is 2.70. The summed E-state index contributed by atoms with van der Waals surface area (Å²) in [6.45, 7) is 7.84. The minimum atomic E-state index is 0.0368. The van der Waals surface area contributed by atoms with Crippen molar-refractivity contribution in [3.8, 4) is 0 Å². The fourth-order valence-electron chi connectivity index (χ4n) is 3.29. The van der Waals surface area contributed by atoms with Gasteiger partial charge < -0.3 is 15.5 Å². The molecule has 0 saturated carbocycles. The lowest BCUT2D eigenvalue weighted by Crippen LogP contribution is -2.51. The van der Waals surface area contributed by atoms with E-state index in [0.717, 1.165) is 54.7 Å². The minimum Gasteiger partial charge on any atom is -0.346 e. The van der Waals surface area contributed by atoms with Crippen LogP contribution in [0.15, 0.2) is 48.5 Å². The number of hydrogen-bond acceptors (Lipinski definition) is 3. The molecule has 2 N–H and O–H groups in total. The monoisotopic (exact) mass is 396 g/mol. The zero-order valence-electron chi connectivity index (χ0n) is 16.6. The van der Waals surface area contributed by atoms with Crippen molar-refractivity contribution in [2.75, 3.05) is 43.4 Å². The van der Waals surface area contributed by atoms with E-state index in [-0.39, 0.29) is 5.91 Å². The summed E-state index contributed by atoms with van der Waals surface area (Å²) < 4.78 is 0. The Morgan fingerprint density at radius 1 is 1.00 bits per heavy atom. The second-order valence-corrected chi connectivity index (χ2v) is 7.50. The van der Waals surface area contributed by atoms with Crippen LogP contribution in [0, 0.1) is 6.92 Å². The van der Waals surface area contributed by atoms with Crippen LogP contribution in [0.25, 0.3) is 0 Å². The summed E-state index contributed by atoms with van der Waals surface area (Å²) in [7, 11) is 0. The van der Waals surface area contributed by atoms with E-state index < -0.39 is 0 Å². The maximum absolute atomic E-state index is 12.4. The fraction of sp³-hybridized carbons (Fsp3) is 0.364. The van der Waals surface area contributed by atoms with Crippen LogP contribution < -0.4 is 10.6 Å². The molecule has 2 aromatic carbocycles. The molecule has 1 saturated heterocycles. The van der Waals surface area contributed by atoms with E-state index in [9.17, 15) is 4.79 Å². The molecular weight excluding hydrogens is 368 g/mol. The van der Waals surface area contributed by atoms with Gasteiger partial charge in [0.2, 0.25) is 5.91 Å². The smallest absolute Gasteiger partial charge is 0.238 e. The van der Waals surface area contributed by atoms with Crippen LogP contribution in [0.2, 0.25) is 0 Å². The van der Waals surface area contributed by atoms with Gasteiger partial charge in [0.15, 0.2) is 5.11 Å². The highest BCUT2D eigenvalue weighted by molar-refractivity contribution is 7.80. The molecule has 28 heavy (non-hydrogen) atoms. The van der Waals surface area contributed by atoms with Gasteiger partial charge in [-0.1, -0.05) is 42.8 Å². The van der Waals surface area contributed by atoms with Gasteiger partial charge in [-0.15, -0.1) is 0 Å². The maximum Gasteiger partial charge on any atom is 0.238 e. The van der Waals surface area contributed by atoms with Crippen molar-refractivity contribution in [2.45, 2.75) is 20.3 Å². The topological polar surface area (TPSA) is 47.6 Å². The Hall–Kier alpha value is -2.44. The van der Waals surface area contributed by atoms with Crippen molar-refractivity contribution in [1.29, 1.82) is 0 Å². The number of benzene rings is 2. The van der Waals surface area contributed by atoms with Gasteiger partial charge in [-0.05, 0) is 49.3 Å². The molecule has 1 aliphatic rings. The van der Waals surface area contributed by atoms with Crippen molar-refractivity contribution in [3.63, 3.8) is 0 Å². The van der Waals surface area contributed by atoms with E-state index in [1.807, 2.05) is 30.3 Å². The highest BCUT2D eigenvalue weighted by atomic mass is 32.1. The fourth-order valence-corrected chi connectivity index (χ4v) is 3.59. The Morgan fingerprint density at radius 3 is 2.36 bits per heavy atom. The molecule has 1 amide bonds. The number of hydrogen-bond donors (Lipinski definition) is 2. The molecule has 148 valence electrons. The van der Waals surface area contributed by atoms with Crippen LogP contribution in [0.4, 0.5) is 11.4 Å². The lowest BCUT2D eigenvalue weighted by atomic mass is 10.1. The third-order valence-corrected chi connectivity index (χ3v) is 5.36. The minimum absolute atomic E-state index is 0.0368. The van der Waals surface area contributed by atoms with Crippen LogP contribution in [0.1, 0.15) is 18.1 Å². The van der Waals surface area contributed by atoms with Gasteiger partial charge >= 0.3 is 0 Å². The highest BCUT2D eigenvalue weighted by Crippen LogP contribution is 2.16. The van der Waals surface area contributed by atoms with E-state index >= 15 is 0 Å². The predicted octanol–water partition coefficient (Wildman–Crippen LogP) is 3.51. The van der Waals surface area contributed by atoms with Gasteiger partial charge in [0.1, 0.15) is 0 Å². The number of aryl methyl sites for hydroxylation is 2. The van der Waals surface area contributed by atoms with Crippen LogP contribution >= 0.6 is 12.2 Å². The number of para-hydroxylation sites is 1. The Morgan fingerprint density at radius 2 is 1.68 bits per heavy atom. The summed E-state index contributed by atoms with van der Waals surface area (Å²) >= 11 is 5.55. The van der Waals surface area contributed by atoms with Crippen LogP contribution in [-0.4, -0.2) is 53.5 Å². The van der Waals surface area contributed by atoms with Crippen molar-refractivity contribution in [1.82, 2.24) is 9.80 Å². The molecule has 6 heteroatoms. The van der Waals surface area contributed by atoms with Gasteiger partial charge in [-0.2, -0.15) is 0 Å². The number of nitrogens with zero attached hydrogens (tertiary/aromatic N) is 2. The summed E-state index contributed by atoms with van der Waals surface area (Å²) in [6.07, 6.45) is 0.903. The molecule has 0 aliphatic carbocycles. The third kappa shape index (κ3) is 5.53. The third-order valence-electron chi connectivity index (χ3n) is 5.00. The van der Waals surface area contributed by atoms with E-state index in [0.29, 0.717) is 6.54 Å². The van der Waals surface area contributed by atoms with Crippen molar-refractivity contribution in [3.05, 3.63) is 59.7 Å². The maximum atomic E-state index is 12.4. The second-order valence-electron chi connectivity index (χ2n) is 7.12. The number of amides is 1. The van der Waals surface area contributed by atoms with E-state index in [4.69, 9.17) is 12.2 Å². The largest absolute Gasteiger partial charge is 0.346 e. The summed E-state index contributed by atoms with van der Waals surface area (Å²) in [5, 5.41) is 7.09. The lowest BCUT2D eigenvalue weighted by molar-refractivity contribution is -0.117. The number of carbonyl (C=O) groups excluding carboxylic acids is 1. The molecule has 3 rings (SSSR count). The first-order chi connectivity index (χ1) is 13.5. The molecule has 0 aromatic heterocycles. The van der Waals surface area contributed by atoms with Crippen molar-refractivity contribution < 1.29 is 4.79 Å². The number of anilines is 2. The first kappa shape index (κ1) is 20.3. The quantitative estimate of drug-likeness (QED) is 0.758. The average molecular weight is 397 g/mol. The van der Waals surface area contributed by atoms with E-state index in [1.165, 1.54) is 5.56 Å². The Labute approximate surface area is 172 Å². The first-order valence-electron chi connectivity index (χ1n) is 9.78. The number of nitrogens with one attached hydrogen (secondary N) is 2. The summed E-state index contributed by atoms with van der Waals surface area (Å²) in [6, 6.07) is 16.2. The Balaban J connectivity index is 1.45. The molecule has 1 fully saturated rings. The molecular formula is C22H28N4OS. The van der Waals surface area contributed by atoms with Crippen molar-refractivity contribution >= 4 is 34.6 Å². The summed E-state index contributed by atoms with van der Waals surface area (Å²) in [5.41, 5.74) is 4.31. The van der Waals surface area contributed by atoms with Gasteiger partial charge in [0.25, 0.3) is 0 Å². The second kappa shape index (κ2) is 9.66. The Kier molecular flexibility index (Phi) is 7.01. The summed E-state index contributed by atoms with van der Waals surface area (Å²) in [4.78, 5) is 16.8. The molecule has 2 aromatic rings. The number of thiocarbonyl (C=S) groups is 1. The van der Waals surface area contributed by atoms with Crippen LogP contribution in [-0.2, 0) is 11.2 Å². The molecule has 0 radical (unpaired) electrons. The molecule has 0 spiro atoms. The van der Waals surface area contributed by atoms with Gasteiger partial charge in [-0.25, -0.2) is 0 Å². The molecule has 0 atom stereocenters. The molecule has 0 bridgehead atoms. The van der Waals surface area contributed by atoms with E-state index in [1.54, 1.807) is 0 Å². The first-order valence-corrected chi connectivity index (χ1v) is 10.2. The zero-order chi connectivity index (χ0) is 19.9. The SMILES string of the molecule is CCc1ccccc1NC(=O)CN1CCN(C(=S)Nc2ccc(C)cc2)CC1. The van der Waals surface area contributed by atoms with Crippen LogP contribution in [0.3, 0.4) is 0 Å². The number of rotatable bonds is 5.